The number of rotatable bonds is 1. The third kappa shape index (κ3) is 1.42. The van der Waals surface area contributed by atoms with Gasteiger partial charge >= 0.3 is 0 Å². The molecule has 0 amide bonds. The van der Waals surface area contributed by atoms with E-state index in [2.05, 4.69) is 24.4 Å². The molecule has 1 aliphatic heterocycles. The van der Waals surface area contributed by atoms with Gasteiger partial charge in [0.2, 0.25) is 0 Å². The summed E-state index contributed by atoms with van der Waals surface area (Å²) in [5, 5.41) is 3.31. The summed E-state index contributed by atoms with van der Waals surface area (Å²) in [5.74, 6) is 0.998. The van der Waals surface area contributed by atoms with Crippen LogP contribution in [0, 0.1) is 0 Å². The van der Waals surface area contributed by atoms with Gasteiger partial charge in [-0.1, -0.05) is 24.3 Å². The van der Waals surface area contributed by atoms with E-state index >= 15 is 0 Å². The Balaban J connectivity index is 2.44. The van der Waals surface area contributed by atoms with Crippen molar-refractivity contribution >= 4 is 0 Å². The van der Waals surface area contributed by atoms with E-state index in [1.54, 1.807) is 0 Å². The molecule has 1 atom stereocenters. The molecule has 14 heavy (non-hydrogen) atoms. The molecule has 2 nitrogen and oxygen atoms in total. The molecule has 1 aromatic rings. The van der Waals surface area contributed by atoms with Crippen LogP contribution < -0.4 is 10.1 Å². The second-order valence-electron chi connectivity index (χ2n) is 3.41. The number of hydrogen-bond donors (Lipinski definition) is 1. The molecule has 1 aromatic carbocycles. The molecular weight excluding hydrogens is 174 g/mol. The summed E-state index contributed by atoms with van der Waals surface area (Å²) < 4.78 is 5.65. The minimum Gasteiger partial charge on any atom is -0.489 e. The number of nitrogens with one attached hydrogen (secondary N) is 1. The van der Waals surface area contributed by atoms with E-state index in [-0.39, 0.29) is 0 Å². The maximum Gasteiger partial charge on any atom is 0.124 e. The highest BCUT2D eigenvalue weighted by atomic mass is 16.5. The number of fused-ring (bicyclic) bond motifs is 1. The molecule has 0 aromatic heterocycles. The van der Waals surface area contributed by atoms with Crippen LogP contribution in [-0.4, -0.2) is 13.7 Å². The van der Waals surface area contributed by atoms with Crippen molar-refractivity contribution in [1.82, 2.24) is 5.32 Å². The van der Waals surface area contributed by atoms with Gasteiger partial charge < -0.3 is 10.1 Å². The van der Waals surface area contributed by atoms with Gasteiger partial charge in [-0.25, -0.2) is 0 Å². The van der Waals surface area contributed by atoms with Gasteiger partial charge in [-0.05, 0) is 25.6 Å². The maximum absolute atomic E-state index is 5.65. The lowest BCUT2D eigenvalue weighted by Crippen LogP contribution is -2.26. The number of likely N-dealkylation sites (N-methyl/N-ethyl adjacent to an activating group) is 1. The Morgan fingerprint density at radius 3 is 2.93 bits per heavy atom. The van der Waals surface area contributed by atoms with Crippen molar-refractivity contribution in [2.45, 2.75) is 13.0 Å². The summed E-state index contributed by atoms with van der Waals surface area (Å²) >= 11 is 0. The Morgan fingerprint density at radius 1 is 1.43 bits per heavy atom. The monoisotopic (exact) mass is 189 g/mol. The number of hydrogen-bond acceptors (Lipinski definition) is 2. The van der Waals surface area contributed by atoms with Crippen molar-refractivity contribution in [3.63, 3.8) is 0 Å². The molecule has 1 heterocycles. The molecule has 1 N–H and O–H groups in total. The molecule has 0 fully saturated rings. The topological polar surface area (TPSA) is 21.3 Å². The molecule has 0 bridgehead atoms. The van der Waals surface area contributed by atoms with E-state index in [0.717, 1.165) is 5.75 Å². The fourth-order valence-electron chi connectivity index (χ4n) is 1.89. The molecule has 1 aliphatic rings. The number of allylic oxidation sites excluding steroid dienone is 1. The zero-order valence-corrected chi connectivity index (χ0v) is 8.58. The Kier molecular flexibility index (Phi) is 2.55. The average molecular weight is 189 g/mol. The molecule has 0 aliphatic carbocycles. The van der Waals surface area contributed by atoms with Crippen LogP contribution >= 0.6 is 0 Å². The first-order valence-corrected chi connectivity index (χ1v) is 4.91. The van der Waals surface area contributed by atoms with Crippen molar-refractivity contribution in [2.75, 3.05) is 13.7 Å². The van der Waals surface area contributed by atoms with Crippen LogP contribution in [0.25, 0.3) is 0 Å². The van der Waals surface area contributed by atoms with Crippen LogP contribution in [0.4, 0.5) is 0 Å². The molecule has 0 saturated heterocycles. The van der Waals surface area contributed by atoms with Gasteiger partial charge in [0.05, 0.1) is 6.04 Å². The Bertz CT molecular complexity index is 357. The highest BCUT2D eigenvalue weighted by Gasteiger charge is 2.22. The minimum absolute atomic E-state index is 0.310. The fourth-order valence-corrected chi connectivity index (χ4v) is 1.89. The smallest absolute Gasteiger partial charge is 0.124 e. The van der Waals surface area contributed by atoms with Crippen LogP contribution in [0.1, 0.15) is 18.5 Å². The summed E-state index contributed by atoms with van der Waals surface area (Å²) in [7, 11) is 1.98. The van der Waals surface area contributed by atoms with Gasteiger partial charge in [0, 0.05) is 5.56 Å². The van der Waals surface area contributed by atoms with E-state index in [1.165, 1.54) is 11.1 Å². The van der Waals surface area contributed by atoms with E-state index in [0.29, 0.717) is 12.6 Å². The van der Waals surface area contributed by atoms with E-state index in [1.807, 2.05) is 25.2 Å². The summed E-state index contributed by atoms with van der Waals surface area (Å²) in [4.78, 5) is 0. The highest BCUT2D eigenvalue weighted by molar-refractivity contribution is 5.43. The van der Waals surface area contributed by atoms with E-state index in [4.69, 9.17) is 4.74 Å². The quantitative estimate of drug-likeness (QED) is 0.684. The number of benzene rings is 1. The summed E-state index contributed by atoms with van der Waals surface area (Å²) in [5.41, 5.74) is 2.53. The van der Waals surface area contributed by atoms with Gasteiger partial charge in [-0.3, -0.25) is 0 Å². The van der Waals surface area contributed by atoms with Crippen molar-refractivity contribution < 1.29 is 4.74 Å². The van der Waals surface area contributed by atoms with Gasteiger partial charge in [-0.2, -0.15) is 0 Å². The Morgan fingerprint density at radius 2 is 2.21 bits per heavy atom. The van der Waals surface area contributed by atoms with Crippen LogP contribution in [-0.2, 0) is 0 Å². The molecule has 2 rings (SSSR count). The summed E-state index contributed by atoms with van der Waals surface area (Å²) in [6.45, 7) is 2.75. The first kappa shape index (κ1) is 9.28. The second kappa shape index (κ2) is 3.84. The first-order chi connectivity index (χ1) is 6.86. The average Bonchev–Trinajstić information content (AvgIpc) is 2.27. The zero-order valence-electron chi connectivity index (χ0n) is 8.58. The lowest BCUT2D eigenvalue weighted by atomic mass is 9.96. The predicted octanol–water partition coefficient (Wildman–Crippen LogP) is 2.29. The molecule has 0 saturated carbocycles. The van der Waals surface area contributed by atoms with Crippen molar-refractivity contribution in [3.05, 3.63) is 41.5 Å². The third-order valence-corrected chi connectivity index (χ3v) is 2.65. The molecule has 0 spiro atoms. The largest absolute Gasteiger partial charge is 0.489 e. The highest BCUT2D eigenvalue weighted by Crippen LogP contribution is 2.34. The Labute approximate surface area is 84.6 Å². The fraction of sp³-hybridized carbons (Fsp3) is 0.333. The van der Waals surface area contributed by atoms with Gasteiger partial charge in [0.25, 0.3) is 0 Å². The lowest BCUT2D eigenvalue weighted by Gasteiger charge is -2.28. The first-order valence-electron chi connectivity index (χ1n) is 4.91. The third-order valence-electron chi connectivity index (χ3n) is 2.65. The minimum atomic E-state index is 0.310. The van der Waals surface area contributed by atoms with E-state index in [9.17, 15) is 0 Å². The molecule has 2 heteroatoms. The van der Waals surface area contributed by atoms with Gasteiger partial charge in [0.15, 0.2) is 0 Å². The predicted molar refractivity (Wildman–Crippen MR) is 57.5 cm³/mol. The standard InChI is InChI=1S/C12H15NO/c1-3-9-8-14-11-7-5-4-6-10(11)12(9)13-2/h3-7,12-13H,8H2,1-2H3/b9-3-. The van der Waals surface area contributed by atoms with Crippen molar-refractivity contribution in [1.29, 1.82) is 0 Å². The van der Waals surface area contributed by atoms with Gasteiger partial charge in [-0.15, -0.1) is 0 Å². The number of para-hydroxylation sites is 1. The SMILES string of the molecule is C/C=C1/COc2ccccc2C1NC. The van der Waals surface area contributed by atoms with E-state index < -0.39 is 0 Å². The summed E-state index contributed by atoms with van der Waals surface area (Å²) in [6.07, 6.45) is 2.12. The van der Waals surface area contributed by atoms with Crippen molar-refractivity contribution in [2.24, 2.45) is 0 Å². The molecule has 1 unspecified atom stereocenters. The Hall–Kier alpha value is -1.28. The van der Waals surface area contributed by atoms with Crippen LogP contribution in [0.5, 0.6) is 5.75 Å². The molecule has 0 radical (unpaired) electrons. The summed E-state index contributed by atoms with van der Waals surface area (Å²) in [6, 6.07) is 8.49. The van der Waals surface area contributed by atoms with Crippen LogP contribution in [0.15, 0.2) is 35.9 Å². The van der Waals surface area contributed by atoms with Crippen LogP contribution in [0.3, 0.4) is 0 Å². The molecule has 74 valence electrons. The normalized spacial score (nSPS) is 23.0. The molecular formula is C12H15NO. The number of ether oxygens (including phenoxy) is 1. The van der Waals surface area contributed by atoms with Crippen LogP contribution in [0.2, 0.25) is 0 Å². The maximum atomic E-state index is 5.65. The second-order valence-corrected chi connectivity index (χ2v) is 3.41. The zero-order chi connectivity index (χ0) is 9.97. The lowest BCUT2D eigenvalue weighted by molar-refractivity contribution is 0.311. The van der Waals surface area contributed by atoms with Gasteiger partial charge in [0.1, 0.15) is 12.4 Å². The van der Waals surface area contributed by atoms with Crippen molar-refractivity contribution in [3.8, 4) is 5.75 Å².